The van der Waals surface area contributed by atoms with Gasteiger partial charge in [0.2, 0.25) is 0 Å². The highest BCUT2D eigenvalue weighted by Crippen LogP contribution is 2.31. The van der Waals surface area contributed by atoms with Gasteiger partial charge < -0.3 is 5.11 Å². The van der Waals surface area contributed by atoms with E-state index < -0.39 is 11.7 Å². The Morgan fingerprint density at radius 2 is 1.39 bits per heavy atom. The molecule has 1 unspecified atom stereocenters. The Morgan fingerprint density at radius 1 is 0.833 bits per heavy atom. The van der Waals surface area contributed by atoms with E-state index in [1.54, 1.807) is 24.3 Å². The Bertz CT molecular complexity index is 552. The molecule has 0 aliphatic rings. The molecule has 1 N–H and O–H groups in total. The van der Waals surface area contributed by atoms with Crippen molar-refractivity contribution in [1.82, 2.24) is 0 Å². The molecule has 0 aromatic heterocycles. The quantitative estimate of drug-likeness (QED) is 0.832. The molecule has 0 bridgehead atoms. The van der Waals surface area contributed by atoms with Crippen molar-refractivity contribution in [2.45, 2.75) is 6.18 Å². The van der Waals surface area contributed by atoms with E-state index in [1.807, 2.05) is 0 Å². The van der Waals surface area contributed by atoms with E-state index in [4.69, 9.17) is 0 Å². The van der Waals surface area contributed by atoms with Gasteiger partial charge in [0.15, 0.2) is 0 Å². The highest BCUT2D eigenvalue weighted by Gasteiger charge is 2.32. The molecule has 0 heterocycles. The fourth-order valence-corrected chi connectivity index (χ4v) is 2.78. The van der Waals surface area contributed by atoms with Crippen molar-refractivity contribution in [3.63, 3.8) is 0 Å². The Balaban J connectivity index is 2.39. The van der Waals surface area contributed by atoms with Crippen LogP contribution in [0.2, 0.25) is 0 Å². The smallest absolute Gasteiger partial charge is 0.417 e. The lowest BCUT2D eigenvalue weighted by Gasteiger charge is -2.13. The maximum atomic E-state index is 12.8. The van der Waals surface area contributed by atoms with Crippen LogP contribution in [0.3, 0.4) is 0 Å². The Morgan fingerprint density at radius 3 is 2.00 bits per heavy atom. The molecule has 1 atom stereocenters. The molecule has 0 amide bonds. The van der Waals surface area contributed by atoms with E-state index in [1.165, 1.54) is 18.2 Å². The number of phenols is 1. The van der Waals surface area contributed by atoms with Gasteiger partial charge in [-0.25, -0.2) is 0 Å². The average Bonchev–Trinajstić information content (AvgIpc) is 2.31. The minimum Gasteiger partial charge on any atom is -0.507 e. The van der Waals surface area contributed by atoms with E-state index in [2.05, 4.69) is 0 Å². The topological polar surface area (TPSA) is 20.2 Å². The maximum absolute atomic E-state index is 12.8. The second-order valence-corrected chi connectivity index (χ2v) is 5.01. The summed E-state index contributed by atoms with van der Waals surface area (Å²) in [6.45, 7) is 0. The molecule has 2 aromatic rings. The first-order valence-electron chi connectivity index (χ1n) is 5.20. The third-order valence-corrected chi connectivity index (χ3v) is 3.80. The standard InChI is InChI=1S/C13H10F3OP/c14-13(15,16)9-5-1-3-7-11(9)18-12-8-4-2-6-10(12)17/h1-8,17-18H. The maximum Gasteiger partial charge on any atom is 0.417 e. The molecular formula is C13H10F3OP. The first kappa shape index (κ1) is 12.9. The summed E-state index contributed by atoms with van der Waals surface area (Å²) in [5.74, 6) is 0.0211. The lowest BCUT2D eigenvalue weighted by Crippen LogP contribution is -2.17. The van der Waals surface area contributed by atoms with Crippen LogP contribution in [0.4, 0.5) is 13.2 Å². The number of halogens is 3. The van der Waals surface area contributed by atoms with Gasteiger partial charge in [0.05, 0.1) is 5.56 Å². The van der Waals surface area contributed by atoms with Crippen LogP contribution in [0.1, 0.15) is 5.56 Å². The normalized spacial score (nSPS) is 12.2. The molecule has 0 radical (unpaired) electrons. The third-order valence-electron chi connectivity index (χ3n) is 2.41. The van der Waals surface area contributed by atoms with Gasteiger partial charge >= 0.3 is 6.18 Å². The van der Waals surface area contributed by atoms with Crippen molar-refractivity contribution >= 4 is 19.2 Å². The number of benzene rings is 2. The minimum absolute atomic E-state index is 0.0211. The second-order valence-electron chi connectivity index (χ2n) is 3.69. The molecule has 0 aliphatic carbocycles. The van der Waals surface area contributed by atoms with E-state index in [-0.39, 0.29) is 19.6 Å². The van der Waals surface area contributed by atoms with Crippen molar-refractivity contribution in [3.05, 3.63) is 54.1 Å². The summed E-state index contributed by atoms with van der Waals surface area (Å²) < 4.78 is 38.4. The molecule has 94 valence electrons. The highest BCUT2D eigenvalue weighted by atomic mass is 31.1. The molecule has 2 aromatic carbocycles. The monoisotopic (exact) mass is 270 g/mol. The molecule has 0 saturated carbocycles. The molecular weight excluding hydrogens is 260 g/mol. The minimum atomic E-state index is -4.37. The van der Waals surface area contributed by atoms with Crippen LogP contribution < -0.4 is 10.6 Å². The summed E-state index contributed by atoms with van der Waals surface area (Å²) in [4.78, 5) is 0. The summed E-state index contributed by atoms with van der Waals surface area (Å²) in [6, 6.07) is 11.9. The zero-order valence-corrected chi connectivity index (χ0v) is 10.2. The fourth-order valence-electron chi connectivity index (χ4n) is 1.56. The second kappa shape index (κ2) is 4.99. The number of rotatable bonds is 2. The molecule has 2 rings (SSSR count). The lowest BCUT2D eigenvalue weighted by atomic mass is 10.2. The van der Waals surface area contributed by atoms with Gasteiger partial charge in [-0.2, -0.15) is 13.2 Å². The number of hydrogen-bond donors (Lipinski definition) is 1. The zero-order valence-electron chi connectivity index (χ0n) is 9.20. The van der Waals surface area contributed by atoms with Gasteiger partial charge in [0.1, 0.15) is 5.75 Å². The van der Waals surface area contributed by atoms with Crippen LogP contribution in [0.5, 0.6) is 5.75 Å². The fraction of sp³-hybridized carbons (Fsp3) is 0.0769. The van der Waals surface area contributed by atoms with Crippen LogP contribution in [-0.2, 0) is 6.18 Å². The van der Waals surface area contributed by atoms with Gasteiger partial charge in [-0.3, -0.25) is 0 Å². The van der Waals surface area contributed by atoms with Crippen LogP contribution in [-0.4, -0.2) is 5.11 Å². The first-order chi connectivity index (χ1) is 8.48. The molecule has 0 fully saturated rings. The van der Waals surface area contributed by atoms with E-state index in [0.717, 1.165) is 6.07 Å². The van der Waals surface area contributed by atoms with Gasteiger partial charge in [-0.05, 0) is 17.4 Å². The van der Waals surface area contributed by atoms with Gasteiger partial charge in [-0.1, -0.05) is 45.0 Å². The van der Waals surface area contributed by atoms with Gasteiger partial charge in [0, 0.05) is 5.30 Å². The molecule has 0 aliphatic heterocycles. The largest absolute Gasteiger partial charge is 0.507 e. The number of phenolic OH excluding ortho intramolecular Hbond substituents is 1. The van der Waals surface area contributed by atoms with Crippen LogP contribution >= 0.6 is 8.58 Å². The highest BCUT2D eigenvalue weighted by molar-refractivity contribution is 7.55. The predicted octanol–water partition coefficient (Wildman–Crippen LogP) is 3.04. The molecule has 5 heteroatoms. The summed E-state index contributed by atoms with van der Waals surface area (Å²) in [5, 5.41) is 10.3. The summed E-state index contributed by atoms with van der Waals surface area (Å²) >= 11 is 0. The van der Waals surface area contributed by atoms with Crippen molar-refractivity contribution < 1.29 is 18.3 Å². The Labute approximate surface area is 104 Å². The van der Waals surface area contributed by atoms with E-state index >= 15 is 0 Å². The van der Waals surface area contributed by atoms with Crippen molar-refractivity contribution in [2.24, 2.45) is 0 Å². The van der Waals surface area contributed by atoms with Crippen molar-refractivity contribution in [3.8, 4) is 5.75 Å². The number of hydrogen-bond acceptors (Lipinski definition) is 1. The molecule has 18 heavy (non-hydrogen) atoms. The summed E-state index contributed by atoms with van der Waals surface area (Å²) in [6.07, 6.45) is -4.37. The number of aromatic hydroxyl groups is 1. The Hall–Kier alpha value is -1.54. The van der Waals surface area contributed by atoms with Crippen molar-refractivity contribution in [2.75, 3.05) is 0 Å². The number of para-hydroxylation sites is 1. The van der Waals surface area contributed by atoms with Crippen LogP contribution in [0, 0.1) is 0 Å². The van der Waals surface area contributed by atoms with Crippen LogP contribution in [0.15, 0.2) is 48.5 Å². The lowest BCUT2D eigenvalue weighted by molar-refractivity contribution is -0.136. The predicted molar refractivity (Wildman–Crippen MR) is 67.1 cm³/mol. The molecule has 0 saturated heterocycles. The SMILES string of the molecule is Oc1ccccc1Pc1ccccc1C(F)(F)F. The summed E-state index contributed by atoms with van der Waals surface area (Å²) in [7, 11) is -0.222. The number of alkyl halides is 3. The van der Waals surface area contributed by atoms with E-state index in [9.17, 15) is 18.3 Å². The molecule has 1 nitrogen and oxygen atoms in total. The summed E-state index contributed by atoms with van der Waals surface area (Å²) in [5.41, 5.74) is -0.647. The van der Waals surface area contributed by atoms with Gasteiger partial charge in [0.25, 0.3) is 0 Å². The average molecular weight is 270 g/mol. The van der Waals surface area contributed by atoms with Gasteiger partial charge in [-0.15, -0.1) is 0 Å². The van der Waals surface area contributed by atoms with Crippen molar-refractivity contribution in [1.29, 1.82) is 0 Å². The Kier molecular flexibility index (Phi) is 3.58. The first-order valence-corrected chi connectivity index (χ1v) is 6.20. The third kappa shape index (κ3) is 2.82. The van der Waals surface area contributed by atoms with E-state index in [0.29, 0.717) is 5.30 Å². The van der Waals surface area contributed by atoms with Crippen LogP contribution in [0.25, 0.3) is 0 Å². The zero-order chi connectivity index (χ0) is 13.2. The molecule has 0 spiro atoms.